The third-order valence-corrected chi connectivity index (χ3v) is 7.64. The largest absolute Gasteiger partial charge is 0.361 e. The lowest BCUT2D eigenvalue weighted by Gasteiger charge is -2.17. The van der Waals surface area contributed by atoms with Crippen molar-refractivity contribution in [1.82, 2.24) is 9.29 Å². The van der Waals surface area contributed by atoms with Crippen LogP contribution in [0.4, 0.5) is 5.13 Å². The molecule has 3 aromatic rings. The molecule has 9 heteroatoms. The topological polar surface area (TPSA) is 79.4 Å². The molecule has 1 aromatic heterocycles. The number of nitrogens with zero attached hydrogens (tertiary/aromatic N) is 2. The fraction of sp³-hybridized carbons (Fsp3) is 0.238. The van der Waals surface area contributed by atoms with Crippen LogP contribution >= 0.6 is 22.9 Å². The number of thiazole rings is 1. The van der Waals surface area contributed by atoms with Crippen LogP contribution in [0, 0.1) is 6.92 Å². The zero-order valence-corrected chi connectivity index (χ0v) is 19.0. The van der Waals surface area contributed by atoms with Gasteiger partial charge in [0, 0.05) is 30.7 Å². The van der Waals surface area contributed by atoms with Crippen LogP contribution in [0.2, 0.25) is 5.02 Å². The number of anilines is 1. The summed E-state index contributed by atoms with van der Waals surface area (Å²) in [6, 6.07) is 13.6. The Bertz CT molecular complexity index is 1130. The third-order valence-electron chi connectivity index (χ3n) is 4.57. The Balaban J connectivity index is 1.52. The van der Waals surface area contributed by atoms with E-state index in [-0.39, 0.29) is 10.7 Å². The number of rotatable bonds is 9. The highest BCUT2D eigenvalue weighted by Gasteiger charge is 2.20. The first kappa shape index (κ1) is 22.4. The average Bonchev–Trinajstić information content (AvgIpc) is 3.20. The van der Waals surface area contributed by atoms with Crippen molar-refractivity contribution in [3.05, 3.63) is 75.8 Å². The molecule has 1 heterocycles. The summed E-state index contributed by atoms with van der Waals surface area (Å²) in [5.74, 6) is -0.0487. The zero-order valence-electron chi connectivity index (χ0n) is 16.6. The average molecular weight is 464 g/mol. The number of nitrogens with one attached hydrogen (secondary N) is 1. The van der Waals surface area contributed by atoms with Crippen LogP contribution in [0.1, 0.15) is 27.2 Å². The first-order valence-corrected chi connectivity index (χ1v) is 11.9. The first-order chi connectivity index (χ1) is 14.3. The first-order valence-electron chi connectivity index (χ1n) is 9.31. The summed E-state index contributed by atoms with van der Waals surface area (Å²) < 4.78 is 26.4. The van der Waals surface area contributed by atoms with Crippen molar-refractivity contribution in [2.75, 3.05) is 25.5 Å². The van der Waals surface area contributed by atoms with Gasteiger partial charge in [0.05, 0.1) is 16.0 Å². The molecule has 0 bridgehead atoms. The summed E-state index contributed by atoms with van der Waals surface area (Å²) in [6.07, 6.45) is 2.16. The third kappa shape index (κ3) is 5.26. The van der Waals surface area contributed by atoms with Crippen molar-refractivity contribution in [1.29, 1.82) is 0 Å². The van der Waals surface area contributed by atoms with E-state index in [9.17, 15) is 13.2 Å². The van der Waals surface area contributed by atoms with Gasteiger partial charge in [0.15, 0.2) is 5.13 Å². The predicted octanol–water partition coefficient (Wildman–Crippen LogP) is 4.46. The van der Waals surface area contributed by atoms with E-state index >= 15 is 0 Å². The van der Waals surface area contributed by atoms with Gasteiger partial charge >= 0.3 is 0 Å². The number of hydrogen-bond donors (Lipinski definition) is 1. The number of benzene rings is 2. The summed E-state index contributed by atoms with van der Waals surface area (Å²) >= 11 is 7.11. The number of sulfonamides is 1. The molecule has 0 unspecified atom stereocenters. The molecule has 0 radical (unpaired) electrons. The van der Waals surface area contributed by atoms with E-state index in [0.717, 1.165) is 5.56 Å². The second kappa shape index (κ2) is 9.70. The molecule has 3 rings (SSSR count). The Labute approximate surface area is 185 Å². The lowest BCUT2D eigenvalue weighted by atomic mass is 10.0. The van der Waals surface area contributed by atoms with E-state index in [2.05, 4.69) is 10.3 Å². The molecule has 0 amide bonds. The van der Waals surface area contributed by atoms with E-state index in [0.29, 0.717) is 40.1 Å². The predicted molar refractivity (Wildman–Crippen MR) is 121 cm³/mol. The molecule has 2 aromatic carbocycles. The smallest absolute Gasteiger partial charge is 0.242 e. The van der Waals surface area contributed by atoms with Crippen molar-refractivity contribution in [2.24, 2.45) is 0 Å². The maximum atomic E-state index is 12.6. The van der Waals surface area contributed by atoms with Crippen molar-refractivity contribution < 1.29 is 13.2 Å². The van der Waals surface area contributed by atoms with Crippen LogP contribution in [0.3, 0.4) is 0 Å². The molecule has 6 nitrogen and oxygen atoms in total. The monoisotopic (exact) mass is 463 g/mol. The van der Waals surface area contributed by atoms with Gasteiger partial charge in [-0.1, -0.05) is 47.2 Å². The summed E-state index contributed by atoms with van der Waals surface area (Å²) in [6.45, 7) is 2.78. The second-order valence-corrected chi connectivity index (χ2v) is 10.2. The van der Waals surface area contributed by atoms with Crippen molar-refractivity contribution in [2.45, 2.75) is 18.2 Å². The SMILES string of the molecule is Cc1ccccc1C(=O)c1cnc(NCCCN(C)S(=O)(=O)c2ccc(Cl)cc2)s1. The Morgan fingerprint density at radius 2 is 1.87 bits per heavy atom. The van der Waals surface area contributed by atoms with E-state index in [1.807, 2.05) is 25.1 Å². The van der Waals surface area contributed by atoms with E-state index in [4.69, 9.17) is 11.6 Å². The van der Waals surface area contributed by atoms with E-state index in [1.54, 1.807) is 31.4 Å². The number of ketones is 1. The zero-order chi connectivity index (χ0) is 21.7. The fourth-order valence-electron chi connectivity index (χ4n) is 2.82. The molecule has 0 aliphatic rings. The minimum atomic E-state index is -3.55. The lowest BCUT2D eigenvalue weighted by molar-refractivity contribution is 0.104. The molecule has 0 aliphatic heterocycles. The number of carbonyl (C=O) groups is 1. The highest BCUT2D eigenvalue weighted by Crippen LogP contribution is 2.23. The van der Waals surface area contributed by atoms with Gasteiger partial charge in [-0.05, 0) is 43.2 Å². The van der Waals surface area contributed by atoms with Gasteiger partial charge in [0.2, 0.25) is 15.8 Å². The minimum Gasteiger partial charge on any atom is -0.361 e. The number of halogens is 1. The van der Waals surface area contributed by atoms with E-state index in [1.165, 1.54) is 27.8 Å². The van der Waals surface area contributed by atoms with Crippen LogP contribution in [-0.2, 0) is 10.0 Å². The Hall–Kier alpha value is -2.26. The Morgan fingerprint density at radius 3 is 2.57 bits per heavy atom. The summed E-state index contributed by atoms with van der Waals surface area (Å²) in [4.78, 5) is 17.7. The van der Waals surface area contributed by atoms with Crippen molar-refractivity contribution in [3.63, 3.8) is 0 Å². The summed E-state index contributed by atoms with van der Waals surface area (Å²) in [7, 11) is -2.01. The quantitative estimate of drug-likeness (QED) is 0.374. The summed E-state index contributed by atoms with van der Waals surface area (Å²) in [5.41, 5.74) is 1.59. The standard InChI is InChI=1S/C21H22ClN3O3S2/c1-15-6-3-4-7-18(15)20(26)19-14-24-21(29-19)23-12-5-13-25(2)30(27,28)17-10-8-16(22)9-11-17/h3-4,6-11,14H,5,12-13H2,1-2H3,(H,23,24). The molecule has 0 saturated heterocycles. The molecule has 30 heavy (non-hydrogen) atoms. The maximum Gasteiger partial charge on any atom is 0.242 e. The molecule has 0 fully saturated rings. The number of aryl methyl sites for hydroxylation is 1. The van der Waals surface area contributed by atoms with Crippen LogP contribution in [0.25, 0.3) is 0 Å². The number of aromatic nitrogens is 1. The highest BCUT2D eigenvalue weighted by molar-refractivity contribution is 7.89. The molecular weight excluding hydrogens is 442 g/mol. The van der Waals surface area contributed by atoms with Gasteiger partial charge in [-0.25, -0.2) is 17.7 Å². The van der Waals surface area contributed by atoms with Gasteiger partial charge in [-0.2, -0.15) is 0 Å². The second-order valence-electron chi connectivity index (χ2n) is 6.73. The van der Waals surface area contributed by atoms with Gasteiger partial charge in [0.1, 0.15) is 0 Å². The van der Waals surface area contributed by atoms with Crippen molar-refractivity contribution in [3.8, 4) is 0 Å². The number of hydrogen-bond acceptors (Lipinski definition) is 6. The molecule has 1 N–H and O–H groups in total. The van der Waals surface area contributed by atoms with Crippen LogP contribution in [0.5, 0.6) is 0 Å². The fourth-order valence-corrected chi connectivity index (χ4v) is 4.96. The maximum absolute atomic E-state index is 12.6. The van der Waals surface area contributed by atoms with Gasteiger partial charge < -0.3 is 5.32 Å². The molecule has 158 valence electrons. The summed E-state index contributed by atoms with van der Waals surface area (Å²) in [5, 5.41) is 4.28. The molecular formula is C21H22ClN3O3S2. The van der Waals surface area contributed by atoms with Gasteiger partial charge in [-0.3, -0.25) is 4.79 Å². The normalized spacial score (nSPS) is 11.6. The molecule has 0 atom stereocenters. The lowest BCUT2D eigenvalue weighted by Crippen LogP contribution is -2.29. The van der Waals surface area contributed by atoms with Crippen LogP contribution < -0.4 is 5.32 Å². The van der Waals surface area contributed by atoms with Crippen LogP contribution in [0.15, 0.2) is 59.6 Å². The molecule has 0 spiro atoms. The molecule has 0 aliphatic carbocycles. The van der Waals surface area contributed by atoms with Gasteiger partial charge in [-0.15, -0.1) is 0 Å². The van der Waals surface area contributed by atoms with Crippen molar-refractivity contribution >= 4 is 43.9 Å². The Kier molecular flexibility index (Phi) is 7.25. The number of carbonyl (C=O) groups excluding carboxylic acids is 1. The highest BCUT2D eigenvalue weighted by atomic mass is 35.5. The molecule has 0 saturated carbocycles. The van der Waals surface area contributed by atoms with Gasteiger partial charge in [0.25, 0.3) is 0 Å². The van der Waals surface area contributed by atoms with E-state index < -0.39 is 10.0 Å². The Morgan fingerprint density at radius 1 is 1.17 bits per heavy atom. The minimum absolute atomic E-state index is 0.0487. The van der Waals surface area contributed by atoms with Crippen LogP contribution in [-0.4, -0.2) is 43.6 Å².